The summed E-state index contributed by atoms with van der Waals surface area (Å²) in [5.41, 5.74) is 4.39. The first-order valence-electron chi connectivity index (χ1n) is 6.86. The Morgan fingerprint density at radius 1 is 0.952 bits per heavy atom. The summed E-state index contributed by atoms with van der Waals surface area (Å²) in [6.07, 6.45) is 0. The predicted octanol–water partition coefficient (Wildman–Crippen LogP) is 3.63. The van der Waals surface area contributed by atoms with Gasteiger partial charge in [-0.25, -0.2) is 0 Å². The molecule has 0 saturated heterocycles. The minimum absolute atomic E-state index is 0.00212. The molecule has 0 saturated carbocycles. The minimum atomic E-state index is -0.00212. The van der Waals surface area contributed by atoms with Gasteiger partial charge in [-0.15, -0.1) is 0 Å². The summed E-state index contributed by atoms with van der Waals surface area (Å²) in [5.74, 6) is -0.00212. The summed E-state index contributed by atoms with van der Waals surface area (Å²) in [6, 6.07) is 19.6. The van der Waals surface area contributed by atoms with Crippen LogP contribution >= 0.6 is 0 Å². The fraction of sp³-hybridized carbons (Fsp3) is 0.111. The second-order valence-corrected chi connectivity index (χ2v) is 5.07. The van der Waals surface area contributed by atoms with Crippen molar-refractivity contribution in [3.05, 3.63) is 77.6 Å². The Morgan fingerprint density at radius 2 is 1.57 bits per heavy atom. The van der Waals surface area contributed by atoms with Gasteiger partial charge in [0.05, 0.1) is 5.69 Å². The van der Waals surface area contributed by atoms with Crippen LogP contribution in [0.5, 0.6) is 0 Å². The van der Waals surface area contributed by atoms with Crippen molar-refractivity contribution in [2.45, 2.75) is 6.92 Å². The Labute approximate surface area is 123 Å². The maximum atomic E-state index is 12.5. The van der Waals surface area contributed by atoms with Crippen LogP contribution in [0.15, 0.2) is 60.7 Å². The maximum Gasteiger partial charge on any atom is 0.211 e. The molecule has 3 heteroatoms. The first-order chi connectivity index (χ1) is 10.1. The fourth-order valence-corrected chi connectivity index (χ4v) is 2.42. The number of ketones is 1. The lowest BCUT2D eigenvalue weighted by Crippen LogP contribution is -2.08. The Balaban J connectivity index is 1.91. The third kappa shape index (κ3) is 2.63. The molecular formula is C18H16N2O. The number of hydrogen-bond acceptors (Lipinski definition) is 2. The van der Waals surface area contributed by atoms with Gasteiger partial charge in [-0.05, 0) is 24.1 Å². The van der Waals surface area contributed by atoms with Crippen LogP contribution in [-0.2, 0) is 7.05 Å². The molecule has 0 aliphatic rings. The van der Waals surface area contributed by atoms with E-state index in [0.717, 1.165) is 16.8 Å². The lowest BCUT2D eigenvalue weighted by molar-refractivity contribution is 0.103. The zero-order valence-corrected chi connectivity index (χ0v) is 12.1. The molecule has 0 aliphatic carbocycles. The van der Waals surface area contributed by atoms with E-state index in [2.05, 4.69) is 17.2 Å². The molecule has 1 heterocycles. The number of rotatable bonds is 3. The van der Waals surface area contributed by atoms with E-state index in [1.165, 1.54) is 0 Å². The van der Waals surface area contributed by atoms with E-state index in [9.17, 15) is 4.79 Å². The maximum absolute atomic E-state index is 12.5. The van der Waals surface area contributed by atoms with Crippen molar-refractivity contribution in [3.8, 4) is 11.1 Å². The van der Waals surface area contributed by atoms with E-state index in [4.69, 9.17) is 0 Å². The van der Waals surface area contributed by atoms with E-state index in [1.54, 1.807) is 11.7 Å². The molecule has 0 fully saturated rings. The van der Waals surface area contributed by atoms with Gasteiger partial charge in [0.25, 0.3) is 0 Å². The molecule has 0 radical (unpaired) electrons. The highest BCUT2D eigenvalue weighted by Gasteiger charge is 2.14. The molecule has 2 aromatic carbocycles. The molecule has 0 amide bonds. The van der Waals surface area contributed by atoms with Crippen molar-refractivity contribution in [3.63, 3.8) is 0 Å². The Bertz CT molecular complexity index is 771. The molecule has 3 aromatic rings. The quantitative estimate of drug-likeness (QED) is 0.685. The van der Waals surface area contributed by atoms with E-state index in [-0.39, 0.29) is 5.78 Å². The second kappa shape index (κ2) is 5.37. The van der Waals surface area contributed by atoms with Gasteiger partial charge in [0.1, 0.15) is 5.69 Å². The molecular weight excluding hydrogens is 260 g/mol. The average Bonchev–Trinajstić information content (AvgIpc) is 2.86. The van der Waals surface area contributed by atoms with Gasteiger partial charge in [0, 0.05) is 12.6 Å². The van der Waals surface area contributed by atoms with Crippen LogP contribution in [0.4, 0.5) is 0 Å². The molecule has 0 atom stereocenters. The highest BCUT2D eigenvalue weighted by atomic mass is 16.1. The lowest BCUT2D eigenvalue weighted by Gasteiger charge is -2.04. The number of benzene rings is 2. The standard InChI is InChI=1S/C18H16N2O/c1-13-12-17(20(2)19-13)18(21)16-10-8-15(9-11-16)14-6-4-3-5-7-14/h3-12H,1-2H3. The number of aromatic nitrogens is 2. The van der Waals surface area contributed by atoms with Gasteiger partial charge in [-0.1, -0.05) is 54.6 Å². The third-order valence-electron chi connectivity index (χ3n) is 3.49. The predicted molar refractivity (Wildman–Crippen MR) is 83.3 cm³/mol. The van der Waals surface area contributed by atoms with Crippen LogP contribution in [-0.4, -0.2) is 15.6 Å². The van der Waals surface area contributed by atoms with Crippen LogP contribution in [0.2, 0.25) is 0 Å². The zero-order chi connectivity index (χ0) is 14.8. The summed E-state index contributed by atoms with van der Waals surface area (Å²) in [7, 11) is 1.79. The van der Waals surface area contributed by atoms with Gasteiger partial charge in [-0.3, -0.25) is 9.48 Å². The Hall–Kier alpha value is -2.68. The van der Waals surface area contributed by atoms with E-state index < -0.39 is 0 Å². The first kappa shape index (κ1) is 13.3. The molecule has 104 valence electrons. The highest BCUT2D eigenvalue weighted by molar-refractivity contribution is 6.08. The van der Waals surface area contributed by atoms with E-state index in [0.29, 0.717) is 11.3 Å². The average molecular weight is 276 g/mol. The van der Waals surface area contributed by atoms with Crippen LogP contribution < -0.4 is 0 Å². The summed E-state index contributed by atoms with van der Waals surface area (Å²) in [4.78, 5) is 12.5. The molecule has 0 N–H and O–H groups in total. The van der Waals surface area contributed by atoms with E-state index >= 15 is 0 Å². The van der Waals surface area contributed by atoms with Crippen LogP contribution in [0.1, 0.15) is 21.7 Å². The lowest BCUT2D eigenvalue weighted by atomic mass is 10.0. The molecule has 0 bridgehead atoms. The number of hydrogen-bond donors (Lipinski definition) is 0. The number of aryl methyl sites for hydroxylation is 2. The largest absolute Gasteiger partial charge is 0.287 e. The monoisotopic (exact) mass is 276 g/mol. The number of nitrogens with zero attached hydrogens (tertiary/aromatic N) is 2. The molecule has 0 unspecified atom stereocenters. The third-order valence-corrected chi connectivity index (χ3v) is 3.49. The summed E-state index contributed by atoms with van der Waals surface area (Å²) in [5, 5.41) is 4.22. The minimum Gasteiger partial charge on any atom is -0.287 e. The smallest absolute Gasteiger partial charge is 0.211 e. The van der Waals surface area contributed by atoms with Crippen molar-refractivity contribution in [2.24, 2.45) is 7.05 Å². The number of carbonyl (C=O) groups excluding carboxylic acids is 1. The molecule has 0 spiro atoms. The van der Waals surface area contributed by atoms with Gasteiger partial charge < -0.3 is 0 Å². The summed E-state index contributed by atoms with van der Waals surface area (Å²) >= 11 is 0. The Kier molecular flexibility index (Phi) is 3.40. The Morgan fingerprint density at radius 3 is 2.14 bits per heavy atom. The van der Waals surface area contributed by atoms with Crippen molar-refractivity contribution < 1.29 is 4.79 Å². The van der Waals surface area contributed by atoms with Gasteiger partial charge >= 0.3 is 0 Å². The topological polar surface area (TPSA) is 34.9 Å². The van der Waals surface area contributed by atoms with Gasteiger partial charge in [0.15, 0.2) is 0 Å². The van der Waals surface area contributed by atoms with Crippen LogP contribution in [0, 0.1) is 6.92 Å². The van der Waals surface area contributed by atoms with Crippen molar-refractivity contribution in [1.29, 1.82) is 0 Å². The SMILES string of the molecule is Cc1cc(C(=O)c2ccc(-c3ccccc3)cc2)n(C)n1. The molecule has 0 aliphatic heterocycles. The van der Waals surface area contributed by atoms with Crippen molar-refractivity contribution in [1.82, 2.24) is 9.78 Å². The summed E-state index contributed by atoms with van der Waals surface area (Å²) in [6.45, 7) is 1.88. The fourth-order valence-electron chi connectivity index (χ4n) is 2.42. The highest BCUT2D eigenvalue weighted by Crippen LogP contribution is 2.20. The molecule has 3 nitrogen and oxygen atoms in total. The van der Waals surface area contributed by atoms with Gasteiger partial charge in [0.2, 0.25) is 5.78 Å². The number of carbonyl (C=O) groups is 1. The normalized spacial score (nSPS) is 10.6. The summed E-state index contributed by atoms with van der Waals surface area (Å²) < 4.78 is 1.63. The van der Waals surface area contributed by atoms with Crippen LogP contribution in [0.3, 0.4) is 0 Å². The van der Waals surface area contributed by atoms with Gasteiger partial charge in [-0.2, -0.15) is 5.10 Å². The van der Waals surface area contributed by atoms with Crippen molar-refractivity contribution in [2.75, 3.05) is 0 Å². The molecule has 21 heavy (non-hydrogen) atoms. The first-order valence-corrected chi connectivity index (χ1v) is 6.86. The zero-order valence-electron chi connectivity index (χ0n) is 12.1. The van der Waals surface area contributed by atoms with Crippen LogP contribution in [0.25, 0.3) is 11.1 Å². The molecule has 1 aromatic heterocycles. The second-order valence-electron chi connectivity index (χ2n) is 5.07. The van der Waals surface area contributed by atoms with E-state index in [1.807, 2.05) is 55.5 Å². The molecule has 3 rings (SSSR count). The van der Waals surface area contributed by atoms with Crippen molar-refractivity contribution >= 4 is 5.78 Å².